The average Bonchev–Trinajstić information content (AvgIpc) is 2.65. The van der Waals surface area contributed by atoms with E-state index in [0.29, 0.717) is 13.0 Å². The van der Waals surface area contributed by atoms with Gasteiger partial charge in [-0.05, 0) is 12.8 Å². The molecule has 0 atom stereocenters. The maximum Gasteiger partial charge on any atom is 0.330 e. The number of halogens is 2. The number of carbonyl (C=O) groups excluding carboxylic acids is 1. The molecule has 0 aromatic carbocycles. The van der Waals surface area contributed by atoms with Gasteiger partial charge in [0.05, 0.1) is 16.8 Å². The van der Waals surface area contributed by atoms with E-state index in [1.165, 1.54) is 83.1 Å². The fraction of sp³-hybridized carbons (Fsp3) is 0.870. The highest BCUT2D eigenvalue weighted by Crippen LogP contribution is 2.19. The molecular formula is C23H44F2O2Si. The summed E-state index contributed by atoms with van der Waals surface area (Å²) in [7, 11) is -0.000857. The largest absolute Gasteiger partial charge is 0.463 e. The summed E-state index contributed by atoms with van der Waals surface area (Å²) in [5.74, 6) is -0.321. The van der Waals surface area contributed by atoms with E-state index in [-0.39, 0.29) is 22.6 Å². The fourth-order valence-electron chi connectivity index (χ4n) is 3.42. The van der Waals surface area contributed by atoms with Crippen LogP contribution in [0.15, 0.2) is 12.7 Å². The Labute approximate surface area is 175 Å². The number of alkyl halides is 2. The fourth-order valence-corrected chi connectivity index (χ4v) is 3.77. The van der Waals surface area contributed by atoms with Gasteiger partial charge in [0.25, 0.3) is 0 Å². The first kappa shape index (κ1) is 27.3. The number of hydrogen-bond acceptors (Lipinski definition) is 2. The van der Waals surface area contributed by atoms with Gasteiger partial charge in [0.2, 0.25) is 5.55 Å². The lowest BCUT2D eigenvalue weighted by molar-refractivity contribution is -0.137. The molecule has 0 unspecified atom stereocenters. The van der Waals surface area contributed by atoms with Gasteiger partial charge >= 0.3 is 5.97 Å². The number of rotatable bonds is 21. The summed E-state index contributed by atoms with van der Waals surface area (Å²) in [5.41, 5.74) is -2.34. The molecule has 0 aliphatic carbocycles. The second-order valence-corrected chi connectivity index (χ2v) is 9.67. The van der Waals surface area contributed by atoms with Crippen LogP contribution < -0.4 is 0 Å². The van der Waals surface area contributed by atoms with Crippen LogP contribution in [0.25, 0.3) is 0 Å². The molecule has 0 aromatic heterocycles. The minimum Gasteiger partial charge on any atom is -0.463 e. The predicted octanol–water partition coefficient (Wildman–Crippen LogP) is 6.70. The van der Waals surface area contributed by atoms with E-state index in [1.807, 2.05) is 0 Å². The van der Waals surface area contributed by atoms with Crippen LogP contribution >= 0.6 is 0 Å². The standard InChI is InChI=1S/C23H44F2O2Si/c1-2-22(26)27-21-19-17-15-13-11-9-7-5-3-4-6-8-10-12-14-16-18-20-23(24,25)28/h2H,1,3-21H2,28H3. The highest BCUT2D eigenvalue weighted by atomic mass is 28.1. The molecule has 166 valence electrons. The van der Waals surface area contributed by atoms with Crippen molar-refractivity contribution in [3.8, 4) is 0 Å². The Morgan fingerprint density at radius 1 is 0.714 bits per heavy atom. The van der Waals surface area contributed by atoms with Crippen LogP contribution in [0.2, 0.25) is 0 Å². The topological polar surface area (TPSA) is 26.3 Å². The third-order valence-corrected chi connectivity index (χ3v) is 5.67. The maximum atomic E-state index is 12.7. The van der Waals surface area contributed by atoms with E-state index in [9.17, 15) is 13.6 Å². The molecule has 0 fully saturated rings. The van der Waals surface area contributed by atoms with Gasteiger partial charge in [0, 0.05) is 12.5 Å². The Bertz CT molecular complexity index is 370. The molecule has 0 heterocycles. The Balaban J connectivity index is 3.07. The van der Waals surface area contributed by atoms with Crippen LogP contribution in [-0.4, -0.2) is 28.4 Å². The Morgan fingerprint density at radius 2 is 1.04 bits per heavy atom. The summed E-state index contributed by atoms with van der Waals surface area (Å²) >= 11 is 0. The zero-order valence-corrected chi connectivity index (χ0v) is 20.3. The van der Waals surface area contributed by atoms with Gasteiger partial charge in [0.15, 0.2) is 0 Å². The Morgan fingerprint density at radius 3 is 1.36 bits per heavy atom. The maximum absolute atomic E-state index is 12.7. The smallest absolute Gasteiger partial charge is 0.330 e. The minimum atomic E-state index is -2.34. The lowest BCUT2D eigenvalue weighted by Gasteiger charge is -2.09. The predicted molar refractivity (Wildman–Crippen MR) is 119 cm³/mol. The molecule has 28 heavy (non-hydrogen) atoms. The monoisotopic (exact) mass is 418 g/mol. The van der Waals surface area contributed by atoms with Gasteiger partial charge < -0.3 is 4.74 Å². The summed E-state index contributed by atoms with van der Waals surface area (Å²) in [6.07, 6.45) is 21.9. The van der Waals surface area contributed by atoms with Crippen LogP contribution in [-0.2, 0) is 9.53 Å². The van der Waals surface area contributed by atoms with E-state index < -0.39 is 5.55 Å². The lowest BCUT2D eigenvalue weighted by Crippen LogP contribution is -2.14. The van der Waals surface area contributed by atoms with Gasteiger partial charge in [-0.25, -0.2) is 13.6 Å². The van der Waals surface area contributed by atoms with Crippen molar-refractivity contribution in [2.45, 2.75) is 121 Å². The summed E-state index contributed by atoms with van der Waals surface area (Å²) in [6, 6.07) is 0. The molecule has 0 spiro atoms. The third kappa shape index (κ3) is 23.3. The minimum absolute atomic E-state index is 0.000857. The van der Waals surface area contributed by atoms with E-state index >= 15 is 0 Å². The molecule has 0 saturated heterocycles. The van der Waals surface area contributed by atoms with Gasteiger partial charge in [-0.1, -0.05) is 103 Å². The van der Waals surface area contributed by atoms with Crippen LogP contribution in [0.4, 0.5) is 8.78 Å². The van der Waals surface area contributed by atoms with Crippen LogP contribution in [0.3, 0.4) is 0 Å². The quantitative estimate of drug-likeness (QED) is 0.0897. The Hall–Kier alpha value is -0.713. The van der Waals surface area contributed by atoms with Crippen molar-refractivity contribution in [2.24, 2.45) is 0 Å². The van der Waals surface area contributed by atoms with Crippen LogP contribution in [0.5, 0.6) is 0 Å². The van der Waals surface area contributed by atoms with Crippen molar-refractivity contribution < 1.29 is 18.3 Å². The molecule has 0 rings (SSSR count). The van der Waals surface area contributed by atoms with Gasteiger partial charge in [-0.15, -0.1) is 0 Å². The number of carbonyl (C=O) groups is 1. The normalized spacial score (nSPS) is 11.6. The van der Waals surface area contributed by atoms with E-state index in [2.05, 4.69) is 6.58 Å². The van der Waals surface area contributed by atoms with E-state index in [4.69, 9.17) is 4.74 Å². The first-order valence-electron chi connectivity index (χ1n) is 11.6. The first-order valence-corrected chi connectivity index (χ1v) is 12.6. The first-order chi connectivity index (χ1) is 13.5. The molecule has 0 bridgehead atoms. The molecule has 0 N–H and O–H groups in total. The number of unbranched alkanes of at least 4 members (excludes halogenated alkanes) is 16. The number of hydrogen-bond donors (Lipinski definition) is 0. The highest BCUT2D eigenvalue weighted by molar-refractivity contribution is 6.13. The molecule has 0 saturated carbocycles. The molecule has 0 amide bonds. The molecule has 5 heteroatoms. The van der Waals surface area contributed by atoms with Crippen molar-refractivity contribution >= 4 is 16.2 Å². The SMILES string of the molecule is C=CC(=O)OCCCCCCCCCCCCCCCCCCCC(F)(F)[SiH3]. The van der Waals surface area contributed by atoms with Crippen LogP contribution in [0.1, 0.15) is 116 Å². The lowest BCUT2D eigenvalue weighted by atomic mass is 10.0. The van der Waals surface area contributed by atoms with Crippen LogP contribution in [0, 0.1) is 0 Å². The van der Waals surface area contributed by atoms with E-state index in [1.54, 1.807) is 0 Å². The zero-order valence-electron chi connectivity index (χ0n) is 18.3. The second kappa shape index (κ2) is 19.6. The van der Waals surface area contributed by atoms with Crippen molar-refractivity contribution in [2.75, 3.05) is 6.61 Å². The summed E-state index contributed by atoms with van der Waals surface area (Å²) in [5, 5.41) is 0. The third-order valence-electron chi connectivity index (χ3n) is 5.17. The Kier molecular flexibility index (Phi) is 19.1. The highest BCUT2D eigenvalue weighted by Gasteiger charge is 2.18. The number of esters is 1. The molecular weight excluding hydrogens is 374 g/mol. The molecule has 0 aliphatic rings. The van der Waals surface area contributed by atoms with E-state index in [0.717, 1.165) is 25.7 Å². The average molecular weight is 419 g/mol. The van der Waals surface area contributed by atoms with Gasteiger partial charge in [-0.3, -0.25) is 0 Å². The number of ether oxygens (including phenoxy) is 1. The van der Waals surface area contributed by atoms with Crippen molar-refractivity contribution in [3.63, 3.8) is 0 Å². The van der Waals surface area contributed by atoms with Crippen molar-refractivity contribution in [3.05, 3.63) is 12.7 Å². The molecule has 0 aliphatic heterocycles. The summed E-state index contributed by atoms with van der Waals surface area (Å²) < 4.78 is 30.4. The molecule has 2 nitrogen and oxygen atoms in total. The zero-order chi connectivity index (χ0) is 20.9. The molecule has 0 aromatic rings. The van der Waals surface area contributed by atoms with Gasteiger partial charge in [0.1, 0.15) is 0 Å². The summed E-state index contributed by atoms with van der Waals surface area (Å²) in [4.78, 5) is 10.9. The molecule has 0 radical (unpaired) electrons. The second-order valence-electron chi connectivity index (χ2n) is 8.20. The van der Waals surface area contributed by atoms with Crippen molar-refractivity contribution in [1.82, 2.24) is 0 Å². The summed E-state index contributed by atoms with van der Waals surface area (Å²) in [6.45, 7) is 3.89. The van der Waals surface area contributed by atoms with Crippen molar-refractivity contribution in [1.29, 1.82) is 0 Å². The van der Waals surface area contributed by atoms with Gasteiger partial charge in [-0.2, -0.15) is 0 Å².